The smallest absolute Gasteiger partial charge is 0.472 e. The van der Waals surface area contributed by atoms with Gasteiger partial charge in [-0.25, -0.2) is 9.36 Å². The molecule has 0 aliphatic rings. The molecule has 326 valence electrons. The number of carbonyl (C=O) groups is 3. The molecule has 56 heavy (non-hydrogen) atoms. The van der Waals surface area contributed by atoms with Crippen LogP contribution in [0, 0.1) is 0 Å². The molecule has 4 N–H and O–H groups in total. The number of aliphatic carboxylic acids is 1. The zero-order valence-electron chi connectivity index (χ0n) is 35.2. The molecule has 0 saturated heterocycles. The normalized spacial score (nSPS) is 14.1. The topological polar surface area (TPSA) is 169 Å². The molecule has 0 aromatic heterocycles. The summed E-state index contributed by atoms with van der Waals surface area (Å²) in [5, 5.41) is 21.8. The van der Waals surface area contributed by atoms with Gasteiger partial charge >= 0.3 is 19.8 Å². The van der Waals surface area contributed by atoms with Gasteiger partial charge in [0.25, 0.3) is 0 Å². The van der Waals surface area contributed by atoms with E-state index in [0.717, 1.165) is 64.2 Å². The van der Waals surface area contributed by atoms with E-state index in [-0.39, 0.29) is 12.8 Å². The maximum atomic E-state index is 12.3. The number of carboxylic acids is 1. The van der Waals surface area contributed by atoms with Gasteiger partial charge in [0.1, 0.15) is 12.7 Å². The van der Waals surface area contributed by atoms with Crippen LogP contribution in [0.3, 0.4) is 0 Å². The van der Waals surface area contributed by atoms with Crippen LogP contribution in [-0.4, -0.2) is 64.9 Å². The fourth-order valence-corrected chi connectivity index (χ4v) is 6.74. The summed E-state index contributed by atoms with van der Waals surface area (Å²) in [6, 6.07) is -1.55. The summed E-state index contributed by atoms with van der Waals surface area (Å²) in [5.74, 6) is -2.38. The minimum atomic E-state index is -4.75. The van der Waals surface area contributed by atoms with Crippen LogP contribution in [0.15, 0.2) is 36.5 Å². The summed E-state index contributed by atoms with van der Waals surface area (Å²) < 4.78 is 26.8. The highest BCUT2D eigenvalue weighted by Gasteiger charge is 2.28. The van der Waals surface area contributed by atoms with Gasteiger partial charge in [-0.1, -0.05) is 166 Å². The van der Waals surface area contributed by atoms with Crippen molar-refractivity contribution in [3.63, 3.8) is 0 Å². The first kappa shape index (κ1) is 53.7. The SMILES string of the molecule is CCCCC/C=C\C/C=C\C/C=C\CCCCCCCCCCC(=O)NC(COP(=O)(O)OCC(O)COC(=O)CCCCCCCCCCCCC)C(=O)O. The molecule has 3 unspecified atom stereocenters. The molecule has 0 fully saturated rings. The van der Waals surface area contributed by atoms with Crippen molar-refractivity contribution < 1.29 is 47.8 Å². The molecule has 0 aromatic rings. The van der Waals surface area contributed by atoms with Crippen molar-refractivity contribution >= 4 is 25.7 Å². The zero-order valence-corrected chi connectivity index (χ0v) is 36.1. The number of ether oxygens (including phenoxy) is 1. The summed E-state index contributed by atoms with van der Waals surface area (Å²) >= 11 is 0. The number of carboxylic acid groups (broad SMARTS) is 1. The number of carbonyl (C=O) groups excluding carboxylic acids is 2. The van der Waals surface area contributed by atoms with Crippen molar-refractivity contribution in [1.29, 1.82) is 0 Å². The number of hydrogen-bond donors (Lipinski definition) is 4. The van der Waals surface area contributed by atoms with Gasteiger partial charge < -0.3 is 25.2 Å². The number of hydrogen-bond acceptors (Lipinski definition) is 8. The van der Waals surface area contributed by atoms with Crippen LogP contribution in [0.1, 0.15) is 194 Å². The number of phosphoric ester groups is 1. The molecule has 0 aromatic carbocycles. The highest BCUT2D eigenvalue weighted by Crippen LogP contribution is 2.43. The largest absolute Gasteiger partial charge is 0.480 e. The molecule has 11 nitrogen and oxygen atoms in total. The lowest BCUT2D eigenvalue weighted by atomic mass is 10.1. The number of allylic oxidation sites excluding steroid dienone is 6. The molecule has 1 amide bonds. The lowest BCUT2D eigenvalue weighted by molar-refractivity contribution is -0.147. The summed E-state index contributed by atoms with van der Waals surface area (Å²) in [6.07, 6.45) is 41.7. The first-order chi connectivity index (χ1) is 27.1. The van der Waals surface area contributed by atoms with Gasteiger partial charge in [-0.3, -0.25) is 18.6 Å². The molecule has 0 saturated carbocycles. The predicted octanol–water partition coefficient (Wildman–Crippen LogP) is 11.2. The molecule has 3 atom stereocenters. The van der Waals surface area contributed by atoms with E-state index in [1.165, 1.54) is 89.9 Å². The number of nitrogens with one attached hydrogen (secondary N) is 1. The average molecular weight is 814 g/mol. The van der Waals surface area contributed by atoms with Crippen LogP contribution in [0.4, 0.5) is 0 Å². The molecule has 0 bridgehead atoms. The van der Waals surface area contributed by atoms with Crippen molar-refractivity contribution in [3.05, 3.63) is 36.5 Å². The summed E-state index contributed by atoms with van der Waals surface area (Å²) in [6.45, 7) is 2.55. The fraction of sp³-hybridized carbons (Fsp3) is 0.795. The molecule has 0 rings (SSSR count). The number of aliphatic hydroxyl groups excluding tert-OH is 1. The Morgan fingerprint density at radius 1 is 0.571 bits per heavy atom. The number of phosphoric acid groups is 1. The Bertz CT molecular complexity index is 1100. The van der Waals surface area contributed by atoms with Gasteiger partial charge in [-0.2, -0.15) is 0 Å². The van der Waals surface area contributed by atoms with Gasteiger partial charge in [0, 0.05) is 12.8 Å². The van der Waals surface area contributed by atoms with Crippen LogP contribution < -0.4 is 5.32 Å². The zero-order chi connectivity index (χ0) is 41.4. The van der Waals surface area contributed by atoms with Gasteiger partial charge in [0.2, 0.25) is 5.91 Å². The van der Waals surface area contributed by atoms with E-state index < -0.39 is 57.6 Å². The highest BCUT2D eigenvalue weighted by molar-refractivity contribution is 7.47. The monoisotopic (exact) mass is 814 g/mol. The Hall–Kier alpha value is -2.30. The summed E-state index contributed by atoms with van der Waals surface area (Å²) in [5.41, 5.74) is 0. The van der Waals surface area contributed by atoms with Crippen molar-refractivity contribution in [2.45, 2.75) is 206 Å². The van der Waals surface area contributed by atoms with E-state index >= 15 is 0 Å². The third-order valence-corrected chi connectivity index (χ3v) is 10.4. The van der Waals surface area contributed by atoms with E-state index in [9.17, 15) is 34.1 Å². The number of aliphatic hydroxyl groups is 1. The molecule has 12 heteroatoms. The average Bonchev–Trinajstić information content (AvgIpc) is 3.17. The number of amides is 1. The third kappa shape index (κ3) is 38.6. The first-order valence-corrected chi connectivity index (χ1v) is 23.5. The maximum Gasteiger partial charge on any atom is 0.472 e. The lowest BCUT2D eigenvalue weighted by Crippen LogP contribution is -2.43. The standard InChI is InChI=1S/C44H80NO10P/c1-3-5-7-9-11-13-15-16-17-18-19-20-21-22-23-24-26-27-29-31-33-35-42(47)45-41(44(49)50)39-55-56(51,52)54-38-40(46)37-53-43(48)36-34-32-30-28-25-14-12-10-8-6-4-2/h11,13,16-17,19-20,40-41,46H,3-10,12,14-15,18,21-39H2,1-2H3,(H,45,47)(H,49,50)(H,51,52)/b13-11-,17-16-,20-19-. The van der Waals surface area contributed by atoms with Crippen LogP contribution in [-0.2, 0) is 32.7 Å². The highest BCUT2D eigenvalue weighted by atomic mass is 31.2. The fourth-order valence-electron chi connectivity index (χ4n) is 5.97. The second kappa shape index (κ2) is 39.5. The van der Waals surface area contributed by atoms with Crippen LogP contribution >= 0.6 is 7.82 Å². The molecular formula is C44H80NO10P. The number of rotatable bonds is 41. The molecule has 0 aliphatic heterocycles. The van der Waals surface area contributed by atoms with Crippen molar-refractivity contribution in [2.75, 3.05) is 19.8 Å². The molecule has 0 spiro atoms. The number of unbranched alkanes of at least 4 members (excludes halogenated alkanes) is 21. The Morgan fingerprint density at radius 2 is 0.982 bits per heavy atom. The van der Waals surface area contributed by atoms with E-state index in [1.54, 1.807) is 0 Å². The quantitative estimate of drug-likeness (QED) is 0.0202. The van der Waals surface area contributed by atoms with Gasteiger partial charge in [-0.15, -0.1) is 0 Å². The summed E-state index contributed by atoms with van der Waals surface area (Å²) in [7, 11) is -4.75. The van der Waals surface area contributed by atoms with E-state index in [4.69, 9.17) is 13.8 Å². The molecular weight excluding hydrogens is 733 g/mol. The molecule has 0 aliphatic carbocycles. The number of esters is 1. The van der Waals surface area contributed by atoms with Gasteiger partial charge in [0.05, 0.1) is 13.2 Å². The second-order valence-corrected chi connectivity index (χ2v) is 16.3. The summed E-state index contributed by atoms with van der Waals surface area (Å²) in [4.78, 5) is 45.9. The first-order valence-electron chi connectivity index (χ1n) is 22.0. The Labute approximate surface area is 340 Å². The van der Waals surface area contributed by atoms with Gasteiger partial charge in [-0.05, 0) is 51.4 Å². The van der Waals surface area contributed by atoms with Crippen LogP contribution in [0.5, 0.6) is 0 Å². The minimum Gasteiger partial charge on any atom is -0.480 e. The molecule has 0 radical (unpaired) electrons. The third-order valence-electron chi connectivity index (χ3n) is 9.43. The predicted molar refractivity (Wildman–Crippen MR) is 226 cm³/mol. The minimum absolute atomic E-state index is 0.137. The van der Waals surface area contributed by atoms with Crippen LogP contribution in [0.2, 0.25) is 0 Å². The van der Waals surface area contributed by atoms with Crippen molar-refractivity contribution in [1.82, 2.24) is 5.32 Å². The van der Waals surface area contributed by atoms with Crippen molar-refractivity contribution in [3.8, 4) is 0 Å². The van der Waals surface area contributed by atoms with Gasteiger partial charge in [0.15, 0.2) is 6.04 Å². The molecule has 0 heterocycles. The van der Waals surface area contributed by atoms with Crippen molar-refractivity contribution in [2.24, 2.45) is 0 Å². The second-order valence-electron chi connectivity index (χ2n) is 14.9. The Morgan fingerprint density at radius 3 is 1.50 bits per heavy atom. The van der Waals surface area contributed by atoms with E-state index in [1.807, 2.05) is 0 Å². The Kier molecular flexibility index (Phi) is 37.9. The lowest BCUT2D eigenvalue weighted by Gasteiger charge is -2.18. The van der Waals surface area contributed by atoms with E-state index in [2.05, 4.69) is 55.6 Å². The van der Waals surface area contributed by atoms with E-state index in [0.29, 0.717) is 12.8 Å². The Balaban J connectivity index is 3.91. The van der Waals surface area contributed by atoms with Crippen LogP contribution in [0.25, 0.3) is 0 Å². The maximum absolute atomic E-state index is 12.3.